The molecular weight excluding hydrogens is 244 g/mol. The number of ether oxygens (including phenoxy) is 1. The van der Waals surface area contributed by atoms with E-state index >= 15 is 0 Å². The van der Waals surface area contributed by atoms with Crippen molar-refractivity contribution in [3.8, 4) is 5.75 Å². The summed E-state index contributed by atoms with van der Waals surface area (Å²) in [5.41, 5.74) is 1.18. The lowest BCUT2D eigenvalue weighted by molar-refractivity contribution is -0.135. The highest BCUT2D eigenvalue weighted by molar-refractivity contribution is 6.39. The molecule has 0 aliphatic rings. The van der Waals surface area contributed by atoms with Crippen LogP contribution in [0.4, 0.5) is 5.69 Å². The third-order valence-electron chi connectivity index (χ3n) is 2.16. The van der Waals surface area contributed by atoms with Gasteiger partial charge in [-0.25, -0.2) is 0 Å². The Bertz CT molecular complexity index is 460. The molecule has 2 amide bonds. The van der Waals surface area contributed by atoms with Crippen LogP contribution in [0.15, 0.2) is 12.1 Å². The lowest BCUT2D eigenvalue weighted by Crippen LogP contribution is -2.32. The summed E-state index contributed by atoms with van der Waals surface area (Å²) in [6.07, 6.45) is 0. The van der Waals surface area contributed by atoms with Gasteiger partial charge in [0.05, 0.1) is 12.8 Å². The normalized spacial score (nSPS) is 9.65. The Morgan fingerprint density at radius 2 is 1.94 bits per heavy atom. The lowest BCUT2D eigenvalue weighted by atomic mass is 10.2. The van der Waals surface area contributed by atoms with Crippen LogP contribution in [-0.4, -0.2) is 26.0 Å². The molecule has 0 unspecified atom stereocenters. The van der Waals surface area contributed by atoms with Gasteiger partial charge in [-0.15, -0.1) is 0 Å². The number of halogens is 1. The molecule has 0 radical (unpaired) electrons. The highest BCUT2D eigenvalue weighted by Gasteiger charge is 2.15. The first kappa shape index (κ1) is 13.3. The summed E-state index contributed by atoms with van der Waals surface area (Å²) in [5, 5.41) is 5.20. The smallest absolute Gasteiger partial charge is 0.313 e. The van der Waals surface area contributed by atoms with Gasteiger partial charge in [-0.3, -0.25) is 9.59 Å². The van der Waals surface area contributed by atoms with Gasteiger partial charge in [-0.1, -0.05) is 11.6 Å². The number of anilines is 1. The topological polar surface area (TPSA) is 67.4 Å². The largest absolute Gasteiger partial charge is 0.495 e. The Morgan fingerprint density at radius 3 is 2.47 bits per heavy atom. The second-order valence-electron chi connectivity index (χ2n) is 3.33. The van der Waals surface area contributed by atoms with E-state index in [1.165, 1.54) is 14.2 Å². The van der Waals surface area contributed by atoms with Gasteiger partial charge in [0.2, 0.25) is 0 Å². The van der Waals surface area contributed by atoms with Crippen LogP contribution in [0.2, 0.25) is 5.02 Å². The van der Waals surface area contributed by atoms with E-state index in [4.69, 9.17) is 16.3 Å². The first-order chi connectivity index (χ1) is 7.99. The van der Waals surface area contributed by atoms with Crippen LogP contribution in [0.5, 0.6) is 5.75 Å². The Morgan fingerprint density at radius 1 is 1.29 bits per heavy atom. The van der Waals surface area contributed by atoms with Crippen LogP contribution >= 0.6 is 11.6 Å². The zero-order valence-electron chi connectivity index (χ0n) is 9.76. The third kappa shape index (κ3) is 3.10. The molecule has 0 atom stereocenters. The Labute approximate surface area is 104 Å². The summed E-state index contributed by atoms with van der Waals surface area (Å²) in [7, 11) is 2.84. The average molecular weight is 257 g/mol. The van der Waals surface area contributed by atoms with Gasteiger partial charge < -0.3 is 15.4 Å². The minimum absolute atomic E-state index is 0.401. The van der Waals surface area contributed by atoms with E-state index < -0.39 is 11.8 Å². The molecule has 0 saturated carbocycles. The van der Waals surface area contributed by atoms with Crippen LogP contribution in [0, 0.1) is 6.92 Å². The molecule has 1 aromatic carbocycles. The van der Waals surface area contributed by atoms with E-state index in [2.05, 4.69) is 10.6 Å². The van der Waals surface area contributed by atoms with Gasteiger partial charge in [-0.2, -0.15) is 0 Å². The molecule has 0 aliphatic heterocycles. The SMILES string of the molecule is CNC(=O)C(=O)Nc1cc(C)c(Cl)cc1OC. The number of benzene rings is 1. The van der Waals surface area contributed by atoms with Crippen molar-refractivity contribution in [1.29, 1.82) is 0 Å². The van der Waals surface area contributed by atoms with E-state index in [0.717, 1.165) is 5.56 Å². The Kier molecular flexibility index (Phi) is 4.34. The molecule has 0 fully saturated rings. The maximum Gasteiger partial charge on any atom is 0.313 e. The number of hydrogen-bond donors (Lipinski definition) is 2. The van der Waals surface area contributed by atoms with Gasteiger partial charge >= 0.3 is 11.8 Å². The van der Waals surface area contributed by atoms with Gasteiger partial charge in [0.15, 0.2) is 0 Å². The zero-order chi connectivity index (χ0) is 13.0. The molecule has 0 bridgehead atoms. The average Bonchev–Trinajstić information content (AvgIpc) is 2.32. The van der Waals surface area contributed by atoms with E-state index in [-0.39, 0.29) is 0 Å². The van der Waals surface area contributed by atoms with Gasteiger partial charge in [0, 0.05) is 18.1 Å². The fraction of sp³-hybridized carbons (Fsp3) is 0.273. The molecule has 92 valence electrons. The summed E-state index contributed by atoms with van der Waals surface area (Å²) >= 11 is 5.92. The number of amides is 2. The molecule has 1 aromatic rings. The van der Waals surface area contributed by atoms with Crippen LogP contribution in [0.3, 0.4) is 0 Å². The number of rotatable bonds is 2. The second kappa shape index (κ2) is 5.54. The molecular formula is C11H13ClN2O3. The first-order valence-corrected chi connectivity index (χ1v) is 5.24. The maximum atomic E-state index is 11.4. The van der Waals surface area contributed by atoms with E-state index in [0.29, 0.717) is 16.5 Å². The summed E-state index contributed by atoms with van der Waals surface area (Å²) in [5.74, 6) is -1.08. The molecule has 0 saturated heterocycles. The fourth-order valence-corrected chi connectivity index (χ4v) is 1.38. The van der Waals surface area contributed by atoms with Gasteiger partial charge in [-0.05, 0) is 18.6 Å². The number of likely N-dealkylation sites (N-methyl/N-ethyl adjacent to an activating group) is 1. The summed E-state index contributed by atoms with van der Waals surface area (Å²) in [6.45, 7) is 1.79. The molecule has 0 aliphatic carbocycles. The minimum Gasteiger partial charge on any atom is -0.495 e. The summed E-state index contributed by atoms with van der Waals surface area (Å²) < 4.78 is 5.06. The van der Waals surface area contributed by atoms with Crippen LogP contribution < -0.4 is 15.4 Å². The van der Waals surface area contributed by atoms with Crippen molar-refractivity contribution >= 4 is 29.1 Å². The monoisotopic (exact) mass is 256 g/mol. The number of nitrogens with one attached hydrogen (secondary N) is 2. The molecule has 5 nitrogen and oxygen atoms in total. The van der Waals surface area contributed by atoms with E-state index in [9.17, 15) is 9.59 Å². The maximum absolute atomic E-state index is 11.4. The Balaban J connectivity index is 3.01. The molecule has 17 heavy (non-hydrogen) atoms. The first-order valence-electron chi connectivity index (χ1n) is 4.86. The Hall–Kier alpha value is -1.75. The van der Waals surface area contributed by atoms with Crippen molar-refractivity contribution in [3.05, 3.63) is 22.7 Å². The number of methoxy groups -OCH3 is 1. The van der Waals surface area contributed by atoms with Gasteiger partial charge in [0.25, 0.3) is 0 Å². The van der Waals surface area contributed by atoms with Crippen LogP contribution in [0.1, 0.15) is 5.56 Å². The zero-order valence-corrected chi connectivity index (χ0v) is 10.5. The highest BCUT2D eigenvalue weighted by Crippen LogP contribution is 2.30. The third-order valence-corrected chi connectivity index (χ3v) is 2.57. The minimum atomic E-state index is -0.757. The van der Waals surface area contributed by atoms with Crippen molar-refractivity contribution < 1.29 is 14.3 Å². The highest BCUT2D eigenvalue weighted by atomic mass is 35.5. The number of carbonyl (C=O) groups is 2. The van der Waals surface area contributed by atoms with Crippen LogP contribution in [0.25, 0.3) is 0 Å². The predicted molar refractivity (Wildman–Crippen MR) is 65.4 cm³/mol. The number of hydrogen-bond acceptors (Lipinski definition) is 3. The molecule has 0 spiro atoms. The molecule has 1 rings (SSSR count). The standard InChI is InChI=1S/C11H13ClN2O3/c1-6-4-8(9(17-3)5-7(6)12)14-11(16)10(15)13-2/h4-5H,1-3H3,(H,13,15)(H,14,16). The summed E-state index contributed by atoms with van der Waals surface area (Å²) in [6, 6.07) is 3.22. The lowest BCUT2D eigenvalue weighted by Gasteiger charge is -2.11. The number of aryl methyl sites for hydroxylation is 1. The van der Waals surface area contributed by atoms with Crippen molar-refractivity contribution in [1.82, 2.24) is 5.32 Å². The van der Waals surface area contributed by atoms with Crippen LogP contribution in [-0.2, 0) is 9.59 Å². The van der Waals surface area contributed by atoms with Crippen molar-refractivity contribution in [3.63, 3.8) is 0 Å². The van der Waals surface area contributed by atoms with Crippen molar-refractivity contribution in [2.75, 3.05) is 19.5 Å². The predicted octanol–water partition coefficient (Wildman–Crippen LogP) is 1.34. The number of carbonyl (C=O) groups excluding carboxylic acids is 2. The van der Waals surface area contributed by atoms with Gasteiger partial charge in [0.1, 0.15) is 5.75 Å². The fourth-order valence-electron chi connectivity index (χ4n) is 1.22. The van der Waals surface area contributed by atoms with E-state index in [1.807, 2.05) is 0 Å². The molecule has 6 heteroatoms. The van der Waals surface area contributed by atoms with Crippen molar-refractivity contribution in [2.24, 2.45) is 0 Å². The second-order valence-corrected chi connectivity index (χ2v) is 3.74. The molecule has 0 heterocycles. The van der Waals surface area contributed by atoms with Crippen molar-refractivity contribution in [2.45, 2.75) is 6.92 Å². The van der Waals surface area contributed by atoms with E-state index in [1.54, 1.807) is 19.1 Å². The molecule has 2 N–H and O–H groups in total. The molecule has 0 aromatic heterocycles. The quantitative estimate of drug-likeness (QED) is 0.785. The summed E-state index contributed by atoms with van der Waals surface area (Å²) in [4.78, 5) is 22.5.